The van der Waals surface area contributed by atoms with Gasteiger partial charge >= 0.3 is 0 Å². The van der Waals surface area contributed by atoms with E-state index in [1.54, 1.807) is 13.0 Å². The predicted molar refractivity (Wildman–Crippen MR) is 50.0 cm³/mol. The molecule has 1 nitrogen and oxygen atoms in total. The predicted octanol–water partition coefficient (Wildman–Crippen LogP) is 2.80. The molecular weight excluding hydrogens is 180 g/mol. The molecule has 0 aromatic carbocycles. The summed E-state index contributed by atoms with van der Waals surface area (Å²) in [6, 6.07) is 3.76. The maximum Gasteiger partial charge on any atom is 0.0934 e. The van der Waals surface area contributed by atoms with Crippen molar-refractivity contribution in [2.45, 2.75) is 13.0 Å². The van der Waals surface area contributed by atoms with Gasteiger partial charge in [-0.25, -0.2) is 0 Å². The molecule has 3 heteroatoms. The molecule has 0 bridgehead atoms. The Balaban J connectivity index is 2.64. The first-order valence-electron chi connectivity index (χ1n) is 3.30. The van der Waals surface area contributed by atoms with Crippen LogP contribution in [0.3, 0.4) is 0 Å². The first kappa shape index (κ1) is 8.78. The van der Waals surface area contributed by atoms with Gasteiger partial charge in [0.05, 0.1) is 10.4 Å². The Hall–Kier alpha value is -0.310. The van der Waals surface area contributed by atoms with Crippen LogP contribution >= 0.6 is 22.9 Å². The Morgan fingerprint density at radius 2 is 2.36 bits per heavy atom. The summed E-state index contributed by atoms with van der Waals surface area (Å²) in [5.74, 6) is 0. The summed E-state index contributed by atoms with van der Waals surface area (Å²) in [6.45, 7) is 1.71. The summed E-state index contributed by atoms with van der Waals surface area (Å²) in [5.41, 5.74) is 0. The fourth-order valence-corrected chi connectivity index (χ4v) is 1.63. The Kier molecular flexibility index (Phi) is 3.12. The fourth-order valence-electron chi connectivity index (χ4n) is 0.652. The molecule has 60 valence electrons. The SMILES string of the molecule is CC(O)/C=C/c1ccc(Cl)s1. The van der Waals surface area contributed by atoms with Gasteiger partial charge < -0.3 is 5.11 Å². The van der Waals surface area contributed by atoms with E-state index in [9.17, 15) is 0 Å². The topological polar surface area (TPSA) is 20.2 Å². The molecule has 0 radical (unpaired) electrons. The molecule has 0 aliphatic carbocycles. The van der Waals surface area contributed by atoms with Crippen molar-refractivity contribution in [1.29, 1.82) is 0 Å². The number of hydrogen-bond donors (Lipinski definition) is 1. The van der Waals surface area contributed by atoms with Crippen LogP contribution in [0.2, 0.25) is 4.34 Å². The lowest BCUT2D eigenvalue weighted by atomic mass is 10.3. The molecular formula is C8H9ClOS. The van der Waals surface area contributed by atoms with E-state index in [1.165, 1.54) is 11.3 Å². The minimum atomic E-state index is -0.393. The number of rotatable bonds is 2. The molecule has 0 aliphatic heterocycles. The zero-order chi connectivity index (χ0) is 8.27. The first-order chi connectivity index (χ1) is 5.18. The van der Waals surface area contributed by atoms with E-state index < -0.39 is 6.10 Å². The van der Waals surface area contributed by atoms with Gasteiger partial charge in [-0.05, 0) is 25.1 Å². The molecule has 0 fully saturated rings. The highest BCUT2D eigenvalue weighted by Crippen LogP contribution is 2.22. The third-order valence-electron chi connectivity index (χ3n) is 1.13. The highest BCUT2D eigenvalue weighted by molar-refractivity contribution is 7.16. The van der Waals surface area contributed by atoms with Crippen molar-refractivity contribution in [1.82, 2.24) is 0 Å². The zero-order valence-electron chi connectivity index (χ0n) is 6.12. The van der Waals surface area contributed by atoms with Crippen LogP contribution in [0.25, 0.3) is 6.08 Å². The molecule has 0 aliphatic rings. The molecule has 11 heavy (non-hydrogen) atoms. The molecule has 0 amide bonds. The molecule has 1 aromatic heterocycles. The van der Waals surface area contributed by atoms with Gasteiger partial charge in [-0.3, -0.25) is 0 Å². The minimum absolute atomic E-state index is 0.393. The van der Waals surface area contributed by atoms with Gasteiger partial charge in [0.25, 0.3) is 0 Å². The molecule has 1 N–H and O–H groups in total. The summed E-state index contributed by atoms with van der Waals surface area (Å²) in [4.78, 5) is 1.07. The molecule has 0 saturated heterocycles. The Morgan fingerprint density at radius 1 is 1.64 bits per heavy atom. The first-order valence-corrected chi connectivity index (χ1v) is 4.49. The summed E-state index contributed by atoms with van der Waals surface area (Å²) < 4.78 is 0.773. The summed E-state index contributed by atoms with van der Waals surface area (Å²) in [7, 11) is 0. The number of thiophene rings is 1. The molecule has 0 saturated carbocycles. The maximum absolute atomic E-state index is 8.91. The lowest BCUT2D eigenvalue weighted by Crippen LogP contribution is -1.90. The van der Waals surface area contributed by atoms with E-state index >= 15 is 0 Å². The molecule has 1 rings (SSSR count). The average molecular weight is 189 g/mol. The van der Waals surface area contributed by atoms with E-state index in [2.05, 4.69) is 0 Å². The summed E-state index contributed by atoms with van der Waals surface area (Å²) in [5, 5.41) is 8.91. The second kappa shape index (κ2) is 3.90. The van der Waals surface area contributed by atoms with Crippen LogP contribution in [-0.2, 0) is 0 Å². The van der Waals surface area contributed by atoms with Crippen LogP contribution in [0.15, 0.2) is 18.2 Å². The van der Waals surface area contributed by atoms with E-state index in [1.807, 2.05) is 18.2 Å². The summed E-state index contributed by atoms with van der Waals surface area (Å²) >= 11 is 7.20. The Bertz CT molecular complexity index is 252. The fraction of sp³-hybridized carbons (Fsp3) is 0.250. The number of halogens is 1. The van der Waals surface area contributed by atoms with Crippen molar-refractivity contribution in [3.8, 4) is 0 Å². The molecule has 1 aromatic rings. The zero-order valence-corrected chi connectivity index (χ0v) is 7.69. The minimum Gasteiger partial charge on any atom is -0.389 e. The normalized spacial score (nSPS) is 14.1. The van der Waals surface area contributed by atoms with Crippen LogP contribution in [-0.4, -0.2) is 11.2 Å². The van der Waals surface area contributed by atoms with Gasteiger partial charge in [-0.1, -0.05) is 17.7 Å². The van der Waals surface area contributed by atoms with E-state index in [4.69, 9.17) is 16.7 Å². The smallest absolute Gasteiger partial charge is 0.0934 e. The molecule has 1 atom stereocenters. The van der Waals surface area contributed by atoms with Gasteiger partial charge in [0, 0.05) is 4.88 Å². The number of hydrogen-bond acceptors (Lipinski definition) is 2. The van der Waals surface area contributed by atoms with Crippen molar-refractivity contribution in [2.75, 3.05) is 0 Å². The standard InChI is InChI=1S/C8H9ClOS/c1-6(10)2-3-7-4-5-8(9)11-7/h2-6,10H,1H3/b3-2+. The van der Waals surface area contributed by atoms with Crippen LogP contribution in [0.5, 0.6) is 0 Å². The Labute approximate surface area is 74.9 Å². The van der Waals surface area contributed by atoms with Crippen molar-refractivity contribution < 1.29 is 5.11 Å². The molecule has 1 unspecified atom stereocenters. The summed E-state index contributed by atoms with van der Waals surface area (Å²) in [6.07, 6.45) is 3.19. The van der Waals surface area contributed by atoms with Crippen LogP contribution in [0.1, 0.15) is 11.8 Å². The highest BCUT2D eigenvalue weighted by atomic mass is 35.5. The lowest BCUT2D eigenvalue weighted by Gasteiger charge is -1.90. The van der Waals surface area contributed by atoms with Crippen molar-refractivity contribution in [3.05, 3.63) is 27.4 Å². The van der Waals surface area contributed by atoms with Gasteiger partial charge in [0.2, 0.25) is 0 Å². The second-order valence-corrected chi connectivity index (χ2v) is 3.99. The van der Waals surface area contributed by atoms with Crippen molar-refractivity contribution >= 4 is 29.0 Å². The third kappa shape index (κ3) is 3.06. The van der Waals surface area contributed by atoms with E-state index in [-0.39, 0.29) is 0 Å². The van der Waals surface area contributed by atoms with Gasteiger partial charge in [0.15, 0.2) is 0 Å². The third-order valence-corrected chi connectivity index (χ3v) is 2.33. The number of aliphatic hydroxyl groups excluding tert-OH is 1. The second-order valence-electron chi connectivity index (χ2n) is 2.24. The van der Waals surface area contributed by atoms with Gasteiger partial charge in [-0.15, -0.1) is 11.3 Å². The van der Waals surface area contributed by atoms with Crippen LogP contribution in [0.4, 0.5) is 0 Å². The molecule has 0 spiro atoms. The van der Waals surface area contributed by atoms with Crippen molar-refractivity contribution in [2.24, 2.45) is 0 Å². The largest absolute Gasteiger partial charge is 0.389 e. The van der Waals surface area contributed by atoms with Crippen LogP contribution in [0, 0.1) is 0 Å². The highest BCUT2D eigenvalue weighted by Gasteiger charge is 1.92. The van der Waals surface area contributed by atoms with Gasteiger partial charge in [0.1, 0.15) is 0 Å². The quantitative estimate of drug-likeness (QED) is 0.757. The monoisotopic (exact) mass is 188 g/mol. The number of aliphatic hydroxyl groups is 1. The maximum atomic E-state index is 8.91. The molecule has 1 heterocycles. The van der Waals surface area contributed by atoms with Gasteiger partial charge in [-0.2, -0.15) is 0 Å². The van der Waals surface area contributed by atoms with Crippen molar-refractivity contribution in [3.63, 3.8) is 0 Å². The average Bonchev–Trinajstić information content (AvgIpc) is 2.31. The van der Waals surface area contributed by atoms with E-state index in [0.29, 0.717) is 0 Å². The lowest BCUT2D eigenvalue weighted by molar-refractivity contribution is 0.245. The van der Waals surface area contributed by atoms with E-state index in [0.717, 1.165) is 9.21 Å². The van der Waals surface area contributed by atoms with Crippen LogP contribution < -0.4 is 0 Å². The Morgan fingerprint density at radius 3 is 2.82 bits per heavy atom.